The molecule has 0 atom stereocenters. The number of nitrogens with two attached hydrogens (primary N) is 1. The first-order valence-electron chi connectivity index (χ1n) is 5.36. The van der Waals surface area contributed by atoms with Crippen LogP contribution in [0.25, 0.3) is 0 Å². The van der Waals surface area contributed by atoms with E-state index in [1.54, 1.807) is 0 Å². The number of nitrogens with one attached hydrogen (secondary N) is 2. The lowest BCUT2D eigenvalue weighted by molar-refractivity contribution is 0.0697. The van der Waals surface area contributed by atoms with E-state index in [-0.39, 0.29) is 17.0 Å². The number of urea groups is 1. The Morgan fingerprint density at radius 3 is 2.67 bits per heavy atom. The number of carbonyl (C=O) groups is 2. The molecule has 7 heteroatoms. The second kappa shape index (κ2) is 6.45. The molecule has 1 aromatic carbocycles. The second-order valence-corrected chi connectivity index (χ2v) is 3.56. The fourth-order valence-corrected chi connectivity index (χ4v) is 1.29. The number of anilines is 1. The lowest BCUT2D eigenvalue weighted by atomic mass is 10.1. The van der Waals surface area contributed by atoms with Crippen LogP contribution >= 0.6 is 0 Å². The van der Waals surface area contributed by atoms with Crippen LogP contribution in [0.4, 0.5) is 10.5 Å². The number of phenolic OH excluding ortho intramolecular Hbond substituents is 1. The lowest BCUT2D eigenvalue weighted by Gasteiger charge is -2.09. The van der Waals surface area contributed by atoms with Gasteiger partial charge in [-0.05, 0) is 31.2 Å². The summed E-state index contributed by atoms with van der Waals surface area (Å²) in [6.07, 6.45) is 0.634. The molecule has 0 aliphatic heterocycles. The van der Waals surface area contributed by atoms with Gasteiger partial charge in [0, 0.05) is 6.54 Å². The van der Waals surface area contributed by atoms with Crippen molar-refractivity contribution in [2.24, 2.45) is 5.73 Å². The van der Waals surface area contributed by atoms with E-state index in [1.165, 1.54) is 12.1 Å². The van der Waals surface area contributed by atoms with Crippen LogP contribution in [0.5, 0.6) is 5.75 Å². The Kier molecular flexibility index (Phi) is 4.94. The molecule has 2 amide bonds. The summed E-state index contributed by atoms with van der Waals surface area (Å²) in [7, 11) is 0. The van der Waals surface area contributed by atoms with Gasteiger partial charge in [0.1, 0.15) is 5.75 Å². The minimum absolute atomic E-state index is 0.116. The number of carboxylic acid groups (broad SMARTS) is 1. The third-order valence-electron chi connectivity index (χ3n) is 2.15. The van der Waals surface area contributed by atoms with Crippen molar-refractivity contribution >= 4 is 17.7 Å². The van der Waals surface area contributed by atoms with Crippen molar-refractivity contribution < 1.29 is 19.8 Å². The Morgan fingerprint density at radius 1 is 1.33 bits per heavy atom. The highest BCUT2D eigenvalue weighted by Gasteiger charge is 2.12. The normalized spacial score (nSPS) is 9.83. The number of benzene rings is 1. The molecule has 6 N–H and O–H groups in total. The lowest BCUT2D eigenvalue weighted by Crippen LogP contribution is -2.31. The first-order valence-corrected chi connectivity index (χ1v) is 5.36. The Balaban J connectivity index is 2.72. The zero-order valence-electron chi connectivity index (χ0n) is 9.64. The number of carbonyl (C=O) groups excluding carboxylic acids is 1. The van der Waals surface area contributed by atoms with E-state index in [2.05, 4.69) is 10.6 Å². The van der Waals surface area contributed by atoms with Crippen LogP contribution in [0.2, 0.25) is 0 Å². The van der Waals surface area contributed by atoms with Crippen LogP contribution < -0.4 is 16.4 Å². The molecule has 1 rings (SSSR count). The smallest absolute Gasteiger partial charge is 0.337 e. The average molecular weight is 253 g/mol. The molecule has 0 saturated heterocycles. The van der Waals surface area contributed by atoms with E-state index in [1.807, 2.05) is 0 Å². The summed E-state index contributed by atoms with van der Waals surface area (Å²) in [6.45, 7) is 0.864. The molecule has 0 heterocycles. The number of hydrogen-bond donors (Lipinski definition) is 5. The first kappa shape index (κ1) is 13.8. The molecular weight excluding hydrogens is 238 g/mol. The van der Waals surface area contributed by atoms with E-state index >= 15 is 0 Å². The SMILES string of the molecule is NCCCNC(=O)Nc1ccc(O)cc1C(=O)O. The molecule has 7 nitrogen and oxygen atoms in total. The molecule has 0 radical (unpaired) electrons. The van der Waals surface area contributed by atoms with Gasteiger partial charge >= 0.3 is 12.0 Å². The van der Waals surface area contributed by atoms with Gasteiger partial charge in [0.25, 0.3) is 0 Å². The van der Waals surface area contributed by atoms with Gasteiger partial charge in [-0.25, -0.2) is 9.59 Å². The molecule has 0 spiro atoms. The summed E-state index contributed by atoms with van der Waals surface area (Å²) >= 11 is 0. The van der Waals surface area contributed by atoms with Gasteiger partial charge in [0.2, 0.25) is 0 Å². The van der Waals surface area contributed by atoms with Gasteiger partial charge in [-0.1, -0.05) is 0 Å². The van der Waals surface area contributed by atoms with E-state index in [4.69, 9.17) is 10.8 Å². The van der Waals surface area contributed by atoms with Crippen molar-refractivity contribution in [3.05, 3.63) is 23.8 Å². The van der Waals surface area contributed by atoms with Crippen LogP contribution in [0, 0.1) is 0 Å². The number of carboxylic acids is 1. The Bertz CT molecular complexity index is 448. The van der Waals surface area contributed by atoms with E-state index in [0.29, 0.717) is 19.5 Å². The molecule has 1 aromatic rings. The predicted molar refractivity (Wildman–Crippen MR) is 65.8 cm³/mol. The maximum atomic E-state index is 11.4. The van der Waals surface area contributed by atoms with Crippen LogP contribution in [-0.4, -0.2) is 35.3 Å². The second-order valence-electron chi connectivity index (χ2n) is 3.56. The van der Waals surface area contributed by atoms with Crippen molar-refractivity contribution in [2.45, 2.75) is 6.42 Å². The predicted octanol–water partition coefficient (Wildman–Crippen LogP) is 0.561. The van der Waals surface area contributed by atoms with E-state index in [9.17, 15) is 14.7 Å². The molecule has 0 unspecified atom stereocenters. The van der Waals surface area contributed by atoms with Gasteiger partial charge in [-0.2, -0.15) is 0 Å². The van der Waals surface area contributed by atoms with Crippen molar-refractivity contribution in [3.8, 4) is 5.75 Å². The van der Waals surface area contributed by atoms with Crippen LogP contribution in [0.15, 0.2) is 18.2 Å². The average Bonchev–Trinajstić information content (AvgIpc) is 2.31. The van der Waals surface area contributed by atoms with Gasteiger partial charge in [-0.3, -0.25) is 0 Å². The van der Waals surface area contributed by atoms with Crippen molar-refractivity contribution in [3.63, 3.8) is 0 Å². The molecule has 18 heavy (non-hydrogen) atoms. The Hall–Kier alpha value is -2.28. The molecule has 98 valence electrons. The molecule has 0 aliphatic rings. The number of rotatable bonds is 5. The highest BCUT2D eigenvalue weighted by atomic mass is 16.4. The summed E-state index contributed by atoms with van der Waals surface area (Å²) in [6, 6.07) is 3.16. The zero-order chi connectivity index (χ0) is 13.5. The van der Waals surface area contributed by atoms with Crippen molar-refractivity contribution in [1.82, 2.24) is 5.32 Å². The van der Waals surface area contributed by atoms with Gasteiger partial charge in [0.15, 0.2) is 0 Å². The summed E-state index contributed by atoms with van der Waals surface area (Å²) in [5, 5.41) is 23.0. The maximum Gasteiger partial charge on any atom is 0.337 e. The van der Waals surface area contributed by atoms with Gasteiger partial charge in [-0.15, -0.1) is 0 Å². The topological polar surface area (TPSA) is 125 Å². The summed E-state index contributed by atoms with van der Waals surface area (Å²) in [5.74, 6) is -1.41. The first-order chi connectivity index (χ1) is 8.54. The highest BCUT2D eigenvalue weighted by molar-refractivity contribution is 6.00. The summed E-state index contributed by atoms with van der Waals surface area (Å²) < 4.78 is 0. The third-order valence-corrected chi connectivity index (χ3v) is 2.15. The number of hydrogen-bond acceptors (Lipinski definition) is 4. The summed E-state index contributed by atoms with van der Waals surface area (Å²) in [4.78, 5) is 22.3. The maximum absolute atomic E-state index is 11.4. The largest absolute Gasteiger partial charge is 0.508 e. The monoisotopic (exact) mass is 253 g/mol. The minimum atomic E-state index is -1.23. The molecular formula is C11H15N3O4. The minimum Gasteiger partial charge on any atom is -0.508 e. The quantitative estimate of drug-likeness (QED) is 0.387. The van der Waals surface area contributed by atoms with Crippen LogP contribution in [0.3, 0.4) is 0 Å². The number of aromatic hydroxyl groups is 1. The third kappa shape index (κ3) is 3.95. The molecule has 0 bridgehead atoms. The van der Waals surface area contributed by atoms with Crippen molar-refractivity contribution in [2.75, 3.05) is 18.4 Å². The number of phenols is 1. The highest BCUT2D eigenvalue weighted by Crippen LogP contribution is 2.21. The number of amides is 2. The fourth-order valence-electron chi connectivity index (χ4n) is 1.29. The van der Waals surface area contributed by atoms with E-state index < -0.39 is 12.0 Å². The Morgan fingerprint density at radius 2 is 2.06 bits per heavy atom. The van der Waals surface area contributed by atoms with Gasteiger partial charge < -0.3 is 26.6 Å². The molecule has 0 fully saturated rings. The van der Waals surface area contributed by atoms with Crippen LogP contribution in [0.1, 0.15) is 16.8 Å². The molecule has 0 aromatic heterocycles. The molecule has 0 saturated carbocycles. The van der Waals surface area contributed by atoms with Crippen molar-refractivity contribution in [1.29, 1.82) is 0 Å². The van der Waals surface area contributed by atoms with E-state index in [0.717, 1.165) is 6.07 Å². The summed E-state index contributed by atoms with van der Waals surface area (Å²) in [5.41, 5.74) is 5.21. The van der Waals surface area contributed by atoms with Gasteiger partial charge in [0.05, 0.1) is 11.3 Å². The molecule has 0 aliphatic carbocycles. The van der Waals surface area contributed by atoms with Crippen LogP contribution in [-0.2, 0) is 0 Å². The zero-order valence-corrected chi connectivity index (χ0v) is 9.64. The fraction of sp³-hybridized carbons (Fsp3) is 0.273. The number of aromatic carboxylic acids is 1. The standard InChI is InChI=1S/C11H15N3O4/c12-4-1-5-13-11(18)14-9-3-2-7(15)6-8(9)10(16)17/h2-3,6,15H,1,4-5,12H2,(H,16,17)(H2,13,14,18). The Labute approximate surface area is 104 Å².